The molecule has 1 fully saturated rings. The van der Waals surface area contributed by atoms with Gasteiger partial charge >= 0.3 is 0 Å². The Hall–Kier alpha value is -1.55. The molecular weight excluding hydrogens is 228 g/mol. The summed E-state index contributed by atoms with van der Waals surface area (Å²) in [6.07, 6.45) is 1.97. The van der Waals surface area contributed by atoms with E-state index in [0.29, 0.717) is 6.54 Å². The van der Waals surface area contributed by atoms with Crippen LogP contribution in [0.3, 0.4) is 0 Å². The smallest absolute Gasteiger partial charge is 0.240 e. The van der Waals surface area contributed by atoms with Gasteiger partial charge in [-0.05, 0) is 44.0 Å². The second-order valence-electron chi connectivity index (χ2n) is 4.89. The van der Waals surface area contributed by atoms with Crippen LogP contribution in [0, 0.1) is 0 Å². The van der Waals surface area contributed by atoms with Crippen LogP contribution in [0.5, 0.6) is 5.75 Å². The Labute approximate surface area is 108 Å². The maximum absolute atomic E-state index is 12.1. The molecule has 0 saturated carbocycles. The van der Waals surface area contributed by atoms with Gasteiger partial charge < -0.3 is 15.4 Å². The number of ether oxygens (including phenoxy) is 1. The van der Waals surface area contributed by atoms with E-state index in [1.807, 2.05) is 31.2 Å². The standard InChI is InChI=1S/C14H20N2O2/c1-14(8-3-9-16-14)13(17)15-10-11-4-6-12(18-2)7-5-11/h4-7,16H,3,8-10H2,1-2H3,(H,15,17). The summed E-state index contributed by atoms with van der Waals surface area (Å²) >= 11 is 0. The number of rotatable bonds is 4. The maximum atomic E-state index is 12.1. The molecule has 0 radical (unpaired) electrons. The van der Waals surface area contributed by atoms with E-state index in [1.165, 1.54) is 0 Å². The van der Waals surface area contributed by atoms with Crippen molar-refractivity contribution in [2.75, 3.05) is 13.7 Å². The first-order valence-electron chi connectivity index (χ1n) is 6.30. The van der Waals surface area contributed by atoms with E-state index in [2.05, 4.69) is 10.6 Å². The van der Waals surface area contributed by atoms with Gasteiger partial charge in [-0.25, -0.2) is 0 Å². The Balaban J connectivity index is 1.88. The third kappa shape index (κ3) is 2.82. The zero-order valence-corrected chi connectivity index (χ0v) is 11.0. The van der Waals surface area contributed by atoms with Gasteiger partial charge in [0.2, 0.25) is 5.91 Å². The second-order valence-corrected chi connectivity index (χ2v) is 4.89. The summed E-state index contributed by atoms with van der Waals surface area (Å²) in [4.78, 5) is 12.1. The molecule has 1 heterocycles. The summed E-state index contributed by atoms with van der Waals surface area (Å²) in [6.45, 7) is 3.44. The van der Waals surface area contributed by atoms with E-state index in [0.717, 1.165) is 30.7 Å². The van der Waals surface area contributed by atoms with Crippen LogP contribution < -0.4 is 15.4 Å². The Morgan fingerprint density at radius 3 is 2.72 bits per heavy atom. The number of benzene rings is 1. The van der Waals surface area contributed by atoms with Crippen LogP contribution in [0.15, 0.2) is 24.3 Å². The molecular formula is C14H20N2O2. The fourth-order valence-corrected chi connectivity index (χ4v) is 2.21. The molecule has 1 aromatic carbocycles. The predicted molar refractivity (Wildman–Crippen MR) is 70.5 cm³/mol. The molecule has 0 bridgehead atoms. The minimum absolute atomic E-state index is 0.0795. The first-order chi connectivity index (χ1) is 8.64. The SMILES string of the molecule is COc1ccc(CNC(=O)C2(C)CCCN2)cc1. The summed E-state index contributed by atoms with van der Waals surface area (Å²) in [6, 6.07) is 7.72. The fourth-order valence-electron chi connectivity index (χ4n) is 2.21. The predicted octanol–water partition coefficient (Wildman–Crippen LogP) is 1.45. The number of amides is 1. The molecule has 0 aromatic heterocycles. The van der Waals surface area contributed by atoms with Gasteiger partial charge in [0.05, 0.1) is 12.6 Å². The maximum Gasteiger partial charge on any atom is 0.240 e. The average molecular weight is 248 g/mol. The number of hydrogen-bond acceptors (Lipinski definition) is 3. The lowest BCUT2D eigenvalue weighted by Gasteiger charge is -2.23. The molecule has 1 saturated heterocycles. The van der Waals surface area contributed by atoms with Crippen LogP contribution in [0.1, 0.15) is 25.3 Å². The normalized spacial score (nSPS) is 22.8. The highest BCUT2D eigenvalue weighted by atomic mass is 16.5. The summed E-state index contributed by atoms with van der Waals surface area (Å²) < 4.78 is 5.09. The average Bonchev–Trinajstić information content (AvgIpc) is 2.85. The van der Waals surface area contributed by atoms with Gasteiger partial charge in [-0.2, -0.15) is 0 Å². The van der Waals surface area contributed by atoms with Gasteiger partial charge in [0, 0.05) is 6.54 Å². The van der Waals surface area contributed by atoms with Crippen molar-refractivity contribution in [3.8, 4) is 5.75 Å². The van der Waals surface area contributed by atoms with Crippen molar-refractivity contribution in [2.45, 2.75) is 31.8 Å². The Bertz CT molecular complexity index is 408. The first-order valence-corrected chi connectivity index (χ1v) is 6.30. The largest absolute Gasteiger partial charge is 0.497 e. The van der Waals surface area contributed by atoms with Crippen LogP contribution in [-0.2, 0) is 11.3 Å². The highest BCUT2D eigenvalue weighted by Gasteiger charge is 2.35. The van der Waals surface area contributed by atoms with E-state index in [1.54, 1.807) is 7.11 Å². The van der Waals surface area contributed by atoms with Crippen LogP contribution in [0.2, 0.25) is 0 Å². The molecule has 1 aliphatic heterocycles. The number of carbonyl (C=O) groups is 1. The molecule has 4 heteroatoms. The van der Waals surface area contributed by atoms with Crippen LogP contribution >= 0.6 is 0 Å². The minimum Gasteiger partial charge on any atom is -0.497 e. The van der Waals surface area contributed by atoms with Crippen molar-refractivity contribution in [3.63, 3.8) is 0 Å². The Kier molecular flexibility index (Phi) is 3.87. The molecule has 2 rings (SSSR count). The lowest BCUT2D eigenvalue weighted by Crippen LogP contribution is -2.50. The molecule has 4 nitrogen and oxygen atoms in total. The molecule has 0 aliphatic carbocycles. The minimum atomic E-state index is -0.396. The van der Waals surface area contributed by atoms with Gasteiger partial charge in [-0.3, -0.25) is 4.79 Å². The highest BCUT2D eigenvalue weighted by Crippen LogP contribution is 2.18. The Morgan fingerprint density at radius 2 is 2.17 bits per heavy atom. The van der Waals surface area contributed by atoms with Gasteiger partial charge in [0.25, 0.3) is 0 Å². The monoisotopic (exact) mass is 248 g/mol. The topological polar surface area (TPSA) is 50.4 Å². The molecule has 1 amide bonds. The van der Waals surface area contributed by atoms with Gasteiger partial charge in [-0.1, -0.05) is 12.1 Å². The fraction of sp³-hybridized carbons (Fsp3) is 0.500. The first kappa shape index (κ1) is 12.9. The molecule has 0 spiro atoms. The molecule has 1 aromatic rings. The lowest BCUT2D eigenvalue weighted by molar-refractivity contribution is -0.126. The van der Waals surface area contributed by atoms with E-state index in [-0.39, 0.29) is 5.91 Å². The van der Waals surface area contributed by atoms with Crippen molar-refractivity contribution < 1.29 is 9.53 Å². The van der Waals surface area contributed by atoms with Crippen molar-refractivity contribution in [1.82, 2.24) is 10.6 Å². The van der Waals surface area contributed by atoms with Crippen LogP contribution in [0.25, 0.3) is 0 Å². The lowest BCUT2D eigenvalue weighted by atomic mass is 9.99. The second kappa shape index (κ2) is 5.40. The van der Waals surface area contributed by atoms with Crippen molar-refractivity contribution in [3.05, 3.63) is 29.8 Å². The summed E-state index contributed by atoms with van der Waals surface area (Å²) in [5, 5.41) is 6.23. The highest BCUT2D eigenvalue weighted by molar-refractivity contribution is 5.86. The third-order valence-corrected chi connectivity index (χ3v) is 3.48. The molecule has 1 atom stereocenters. The quantitative estimate of drug-likeness (QED) is 0.848. The zero-order chi connectivity index (χ0) is 13.0. The molecule has 1 aliphatic rings. The third-order valence-electron chi connectivity index (χ3n) is 3.48. The number of nitrogens with one attached hydrogen (secondary N) is 2. The molecule has 18 heavy (non-hydrogen) atoms. The number of methoxy groups -OCH3 is 1. The van der Waals surface area contributed by atoms with E-state index in [9.17, 15) is 4.79 Å². The Morgan fingerprint density at radius 1 is 1.44 bits per heavy atom. The van der Waals surface area contributed by atoms with E-state index >= 15 is 0 Å². The zero-order valence-electron chi connectivity index (χ0n) is 11.0. The summed E-state index contributed by atoms with van der Waals surface area (Å²) in [7, 11) is 1.64. The molecule has 98 valence electrons. The molecule has 1 unspecified atom stereocenters. The van der Waals surface area contributed by atoms with Gasteiger partial charge in [0.1, 0.15) is 5.75 Å². The van der Waals surface area contributed by atoms with Crippen molar-refractivity contribution in [1.29, 1.82) is 0 Å². The number of carbonyl (C=O) groups excluding carboxylic acids is 1. The van der Waals surface area contributed by atoms with E-state index in [4.69, 9.17) is 4.74 Å². The van der Waals surface area contributed by atoms with Crippen molar-refractivity contribution >= 4 is 5.91 Å². The van der Waals surface area contributed by atoms with Crippen LogP contribution in [-0.4, -0.2) is 25.1 Å². The van der Waals surface area contributed by atoms with E-state index < -0.39 is 5.54 Å². The molecule has 2 N–H and O–H groups in total. The van der Waals surface area contributed by atoms with Gasteiger partial charge in [0.15, 0.2) is 0 Å². The van der Waals surface area contributed by atoms with Gasteiger partial charge in [-0.15, -0.1) is 0 Å². The number of hydrogen-bond donors (Lipinski definition) is 2. The van der Waals surface area contributed by atoms with Crippen LogP contribution in [0.4, 0.5) is 0 Å². The summed E-state index contributed by atoms with van der Waals surface area (Å²) in [5.74, 6) is 0.908. The summed E-state index contributed by atoms with van der Waals surface area (Å²) in [5.41, 5.74) is 0.678. The van der Waals surface area contributed by atoms with Crippen molar-refractivity contribution in [2.24, 2.45) is 0 Å².